The van der Waals surface area contributed by atoms with Crippen LogP contribution in [-0.2, 0) is 17.5 Å². The Bertz CT molecular complexity index is 948. The molecule has 0 aliphatic rings. The van der Waals surface area contributed by atoms with Crippen LogP contribution in [0.5, 0.6) is 0 Å². The number of aromatic nitrogens is 2. The standard InChI is InChI=1S/C16H12ClF3N4O2S2/c17-9-3-4-12(11(6-9)16(18,19)20)22-13(25)8-27-15-24-23-14(28-15)21-7-10-2-1-5-26-10/h1-6H,7-8H2,(H,21,23)(H,22,25). The topological polar surface area (TPSA) is 80.1 Å². The third kappa shape index (κ3) is 5.63. The van der Waals surface area contributed by atoms with Gasteiger partial charge in [0.25, 0.3) is 0 Å². The molecule has 3 aromatic rings. The number of anilines is 2. The predicted molar refractivity (Wildman–Crippen MR) is 102 cm³/mol. The van der Waals surface area contributed by atoms with Crippen molar-refractivity contribution in [2.24, 2.45) is 0 Å². The minimum absolute atomic E-state index is 0.0665. The van der Waals surface area contributed by atoms with E-state index in [9.17, 15) is 18.0 Å². The number of furan rings is 1. The molecule has 2 heterocycles. The lowest BCUT2D eigenvalue weighted by atomic mass is 10.1. The van der Waals surface area contributed by atoms with Crippen molar-refractivity contribution in [2.45, 2.75) is 17.1 Å². The summed E-state index contributed by atoms with van der Waals surface area (Å²) in [5.41, 5.74) is -1.35. The Labute approximate surface area is 170 Å². The number of halogens is 4. The summed E-state index contributed by atoms with van der Waals surface area (Å²) in [6.07, 6.45) is -3.07. The summed E-state index contributed by atoms with van der Waals surface area (Å²) in [5, 5.41) is 13.6. The summed E-state index contributed by atoms with van der Waals surface area (Å²) in [4.78, 5) is 12.0. The summed E-state index contributed by atoms with van der Waals surface area (Å²) in [6, 6.07) is 6.74. The fourth-order valence-electron chi connectivity index (χ4n) is 2.09. The second kappa shape index (κ2) is 8.84. The number of nitrogens with zero attached hydrogens (tertiary/aromatic N) is 2. The van der Waals surface area contributed by atoms with Crippen molar-refractivity contribution in [2.75, 3.05) is 16.4 Å². The van der Waals surface area contributed by atoms with E-state index in [2.05, 4.69) is 20.8 Å². The molecule has 0 spiro atoms. The van der Waals surface area contributed by atoms with Gasteiger partial charge in [-0.05, 0) is 30.3 Å². The molecule has 0 aliphatic carbocycles. The maximum atomic E-state index is 13.1. The molecular formula is C16H12ClF3N4O2S2. The number of amides is 1. The molecule has 12 heteroatoms. The van der Waals surface area contributed by atoms with E-state index < -0.39 is 17.6 Å². The van der Waals surface area contributed by atoms with Gasteiger partial charge in [-0.25, -0.2) is 0 Å². The molecule has 6 nitrogen and oxygen atoms in total. The average molecular weight is 449 g/mol. The number of thioether (sulfide) groups is 1. The molecule has 0 radical (unpaired) electrons. The number of nitrogens with one attached hydrogen (secondary N) is 2. The van der Waals surface area contributed by atoms with Gasteiger partial charge < -0.3 is 15.1 Å². The van der Waals surface area contributed by atoms with Crippen molar-refractivity contribution < 1.29 is 22.4 Å². The third-order valence-electron chi connectivity index (χ3n) is 3.29. The summed E-state index contributed by atoms with van der Waals surface area (Å²) < 4.78 is 44.9. The van der Waals surface area contributed by atoms with E-state index in [-0.39, 0.29) is 16.5 Å². The van der Waals surface area contributed by atoms with E-state index in [4.69, 9.17) is 16.0 Å². The molecule has 0 aliphatic heterocycles. The lowest BCUT2D eigenvalue weighted by molar-refractivity contribution is -0.137. The molecule has 1 aromatic carbocycles. The molecule has 0 saturated heterocycles. The Morgan fingerprint density at radius 2 is 2.11 bits per heavy atom. The van der Waals surface area contributed by atoms with Gasteiger partial charge in [0.2, 0.25) is 11.0 Å². The maximum absolute atomic E-state index is 13.1. The van der Waals surface area contributed by atoms with Gasteiger partial charge in [-0.3, -0.25) is 4.79 Å². The van der Waals surface area contributed by atoms with Crippen molar-refractivity contribution in [1.29, 1.82) is 0 Å². The Balaban J connectivity index is 1.54. The van der Waals surface area contributed by atoms with Crippen molar-refractivity contribution in [3.63, 3.8) is 0 Å². The number of benzene rings is 1. The maximum Gasteiger partial charge on any atom is 0.418 e. The van der Waals surface area contributed by atoms with Crippen LogP contribution in [0.4, 0.5) is 24.0 Å². The predicted octanol–water partition coefficient (Wildman–Crippen LogP) is 5.15. The van der Waals surface area contributed by atoms with Gasteiger partial charge in [-0.1, -0.05) is 34.7 Å². The van der Waals surface area contributed by atoms with Gasteiger partial charge in [-0.2, -0.15) is 13.2 Å². The van der Waals surface area contributed by atoms with Crippen LogP contribution in [0.2, 0.25) is 5.02 Å². The Morgan fingerprint density at radius 1 is 1.29 bits per heavy atom. The Kier molecular flexibility index (Phi) is 6.47. The fraction of sp³-hybridized carbons (Fsp3) is 0.188. The molecule has 0 bridgehead atoms. The van der Waals surface area contributed by atoms with Gasteiger partial charge in [0.15, 0.2) is 4.34 Å². The molecule has 148 valence electrons. The highest BCUT2D eigenvalue weighted by molar-refractivity contribution is 8.01. The number of hydrogen-bond acceptors (Lipinski definition) is 7. The van der Waals surface area contributed by atoms with Crippen molar-refractivity contribution in [1.82, 2.24) is 10.2 Å². The van der Waals surface area contributed by atoms with Crippen LogP contribution >= 0.6 is 34.7 Å². The lowest BCUT2D eigenvalue weighted by Crippen LogP contribution is -2.18. The quantitative estimate of drug-likeness (QED) is 0.487. The first kappa shape index (κ1) is 20.5. The first-order chi connectivity index (χ1) is 13.3. The number of hydrogen-bond donors (Lipinski definition) is 2. The molecule has 2 N–H and O–H groups in total. The molecule has 3 rings (SSSR count). The van der Waals surface area contributed by atoms with Crippen molar-refractivity contribution >= 4 is 51.4 Å². The van der Waals surface area contributed by atoms with E-state index in [0.717, 1.165) is 29.7 Å². The van der Waals surface area contributed by atoms with E-state index in [0.29, 0.717) is 16.0 Å². The van der Waals surface area contributed by atoms with E-state index in [1.165, 1.54) is 17.4 Å². The molecule has 28 heavy (non-hydrogen) atoms. The molecule has 0 fully saturated rings. The molecular weight excluding hydrogens is 437 g/mol. The minimum Gasteiger partial charge on any atom is -0.467 e. The van der Waals surface area contributed by atoms with Crippen LogP contribution in [0, 0.1) is 0 Å². The number of carbonyl (C=O) groups excluding carboxylic acids is 1. The highest BCUT2D eigenvalue weighted by atomic mass is 35.5. The third-order valence-corrected chi connectivity index (χ3v) is 5.54. The van der Waals surface area contributed by atoms with Crippen LogP contribution in [0.15, 0.2) is 45.4 Å². The summed E-state index contributed by atoms with van der Waals surface area (Å²) in [5.74, 6) is 0.0116. The van der Waals surface area contributed by atoms with Gasteiger partial charge in [0.1, 0.15) is 5.76 Å². The monoisotopic (exact) mass is 448 g/mol. The highest BCUT2D eigenvalue weighted by Crippen LogP contribution is 2.36. The fourth-order valence-corrected chi connectivity index (χ4v) is 3.81. The smallest absolute Gasteiger partial charge is 0.418 e. The van der Waals surface area contributed by atoms with E-state index in [1.807, 2.05) is 0 Å². The second-order valence-corrected chi connectivity index (χ2v) is 7.97. The second-order valence-electron chi connectivity index (χ2n) is 5.33. The number of alkyl halides is 3. The van der Waals surface area contributed by atoms with E-state index >= 15 is 0 Å². The first-order valence-electron chi connectivity index (χ1n) is 7.70. The van der Waals surface area contributed by atoms with E-state index in [1.54, 1.807) is 18.4 Å². The molecule has 0 atom stereocenters. The first-order valence-corrected chi connectivity index (χ1v) is 9.88. The summed E-state index contributed by atoms with van der Waals surface area (Å²) in [7, 11) is 0. The van der Waals surface area contributed by atoms with Gasteiger partial charge >= 0.3 is 6.18 Å². The van der Waals surface area contributed by atoms with Crippen LogP contribution in [0.25, 0.3) is 0 Å². The molecule has 0 unspecified atom stereocenters. The average Bonchev–Trinajstić information content (AvgIpc) is 3.30. The Morgan fingerprint density at radius 3 is 2.82 bits per heavy atom. The molecule has 1 amide bonds. The van der Waals surface area contributed by atoms with Gasteiger partial charge in [0.05, 0.1) is 29.8 Å². The highest BCUT2D eigenvalue weighted by Gasteiger charge is 2.34. The Hall–Kier alpha value is -2.24. The van der Waals surface area contributed by atoms with Crippen molar-refractivity contribution in [3.8, 4) is 0 Å². The van der Waals surface area contributed by atoms with Crippen LogP contribution in [-0.4, -0.2) is 21.9 Å². The van der Waals surface area contributed by atoms with Crippen molar-refractivity contribution in [3.05, 3.63) is 52.9 Å². The zero-order chi connectivity index (χ0) is 20.1. The van der Waals surface area contributed by atoms with Crippen LogP contribution < -0.4 is 10.6 Å². The normalized spacial score (nSPS) is 11.4. The number of carbonyl (C=O) groups is 1. The largest absolute Gasteiger partial charge is 0.467 e. The summed E-state index contributed by atoms with van der Waals surface area (Å²) >= 11 is 7.91. The zero-order valence-electron chi connectivity index (χ0n) is 13.9. The SMILES string of the molecule is O=C(CSc1nnc(NCc2ccco2)s1)Nc1ccc(Cl)cc1C(F)(F)F. The minimum atomic E-state index is -4.63. The molecule has 0 saturated carbocycles. The molecule has 2 aromatic heterocycles. The lowest BCUT2D eigenvalue weighted by Gasteiger charge is -2.13. The summed E-state index contributed by atoms with van der Waals surface area (Å²) in [6.45, 7) is 0.434. The van der Waals surface area contributed by atoms with Gasteiger partial charge in [0, 0.05) is 5.02 Å². The van der Waals surface area contributed by atoms with Crippen LogP contribution in [0.3, 0.4) is 0 Å². The van der Waals surface area contributed by atoms with Crippen LogP contribution in [0.1, 0.15) is 11.3 Å². The zero-order valence-corrected chi connectivity index (χ0v) is 16.3. The number of rotatable bonds is 7. The van der Waals surface area contributed by atoms with Gasteiger partial charge in [-0.15, -0.1) is 10.2 Å².